The smallest absolute Gasteiger partial charge is 0.251 e. The third kappa shape index (κ3) is 5.25. The Labute approximate surface area is 158 Å². The largest absolute Gasteiger partial charge is 0.345 e. The molecule has 0 aliphatic heterocycles. The number of benzene rings is 2. The van der Waals surface area contributed by atoms with E-state index in [1.54, 1.807) is 18.2 Å². The molecule has 0 fully saturated rings. The van der Waals surface area contributed by atoms with E-state index >= 15 is 0 Å². The Kier molecular flexibility index (Phi) is 5.94. The number of carbonyl (C=O) groups excluding carboxylic acids is 2. The summed E-state index contributed by atoms with van der Waals surface area (Å²) in [5, 5.41) is 5.75. The van der Waals surface area contributed by atoms with Crippen molar-refractivity contribution in [2.24, 2.45) is 0 Å². The van der Waals surface area contributed by atoms with Crippen molar-refractivity contribution in [3.8, 4) is 0 Å². The van der Waals surface area contributed by atoms with Crippen LogP contribution >= 0.6 is 0 Å². The second-order valence-electron chi connectivity index (χ2n) is 6.22. The van der Waals surface area contributed by atoms with Crippen LogP contribution in [-0.4, -0.2) is 16.8 Å². The first-order valence-electron chi connectivity index (χ1n) is 8.76. The summed E-state index contributed by atoms with van der Waals surface area (Å²) in [5.74, 6) is 0.0717. The van der Waals surface area contributed by atoms with Crippen LogP contribution in [0.4, 0.5) is 5.82 Å². The van der Waals surface area contributed by atoms with Crippen molar-refractivity contribution < 1.29 is 9.59 Å². The van der Waals surface area contributed by atoms with Crippen molar-refractivity contribution in [3.05, 3.63) is 95.7 Å². The van der Waals surface area contributed by atoms with Gasteiger partial charge >= 0.3 is 0 Å². The maximum absolute atomic E-state index is 12.6. The van der Waals surface area contributed by atoms with Crippen LogP contribution in [-0.2, 0) is 4.79 Å². The van der Waals surface area contributed by atoms with Gasteiger partial charge in [0.2, 0.25) is 5.91 Å². The van der Waals surface area contributed by atoms with Crippen molar-refractivity contribution in [3.63, 3.8) is 0 Å². The van der Waals surface area contributed by atoms with Gasteiger partial charge in [-0.05, 0) is 36.8 Å². The monoisotopic (exact) mass is 359 g/mol. The standard InChI is InChI=1S/C22H21N3O2/c1-16-9-8-14-20(23-16)25-21(26)15-19(17-10-4-2-5-11-17)24-22(27)18-12-6-3-7-13-18/h2-14,19H,15H2,1H3,(H,24,27)(H,23,25,26). The van der Waals surface area contributed by atoms with Crippen LogP contribution in [0.5, 0.6) is 0 Å². The zero-order chi connectivity index (χ0) is 19.1. The van der Waals surface area contributed by atoms with E-state index in [4.69, 9.17) is 0 Å². The van der Waals surface area contributed by atoms with E-state index in [0.717, 1.165) is 11.3 Å². The molecule has 0 saturated heterocycles. The third-order valence-corrected chi connectivity index (χ3v) is 4.09. The molecule has 0 spiro atoms. The molecule has 5 nitrogen and oxygen atoms in total. The van der Waals surface area contributed by atoms with Gasteiger partial charge in [0.25, 0.3) is 5.91 Å². The van der Waals surface area contributed by atoms with E-state index in [0.29, 0.717) is 11.4 Å². The van der Waals surface area contributed by atoms with Gasteiger partial charge in [-0.25, -0.2) is 4.98 Å². The Hall–Kier alpha value is -3.47. The van der Waals surface area contributed by atoms with Crippen LogP contribution in [0.15, 0.2) is 78.9 Å². The van der Waals surface area contributed by atoms with Crippen molar-refractivity contribution in [2.45, 2.75) is 19.4 Å². The number of aryl methyl sites for hydroxylation is 1. The summed E-state index contributed by atoms with van der Waals surface area (Å²) in [5.41, 5.74) is 2.25. The maximum atomic E-state index is 12.6. The minimum absolute atomic E-state index is 0.109. The van der Waals surface area contributed by atoms with Crippen LogP contribution < -0.4 is 10.6 Å². The molecule has 5 heteroatoms. The van der Waals surface area contributed by atoms with E-state index in [9.17, 15) is 9.59 Å². The number of rotatable bonds is 6. The van der Waals surface area contributed by atoms with E-state index in [2.05, 4.69) is 15.6 Å². The van der Waals surface area contributed by atoms with Gasteiger partial charge in [-0.15, -0.1) is 0 Å². The van der Waals surface area contributed by atoms with E-state index in [1.165, 1.54) is 0 Å². The summed E-state index contributed by atoms with van der Waals surface area (Å²) in [6, 6.07) is 23.4. The van der Waals surface area contributed by atoms with Gasteiger partial charge in [-0.2, -0.15) is 0 Å². The van der Waals surface area contributed by atoms with Gasteiger partial charge in [0.15, 0.2) is 0 Å². The number of hydrogen-bond donors (Lipinski definition) is 2. The predicted molar refractivity (Wildman–Crippen MR) is 105 cm³/mol. The van der Waals surface area contributed by atoms with Gasteiger partial charge in [-0.3, -0.25) is 9.59 Å². The first-order chi connectivity index (χ1) is 13.1. The highest BCUT2D eigenvalue weighted by Gasteiger charge is 2.19. The normalized spacial score (nSPS) is 11.4. The fourth-order valence-electron chi connectivity index (χ4n) is 2.76. The molecule has 1 heterocycles. The lowest BCUT2D eigenvalue weighted by Crippen LogP contribution is -2.31. The molecular weight excluding hydrogens is 338 g/mol. The highest BCUT2D eigenvalue weighted by molar-refractivity contribution is 5.95. The second-order valence-corrected chi connectivity index (χ2v) is 6.22. The fraction of sp³-hybridized carbons (Fsp3) is 0.136. The Bertz CT molecular complexity index is 911. The van der Waals surface area contributed by atoms with Crippen molar-refractivity contribution in [2.75, 3.05) is 5.32 Å². The van der Waals surface area contributed by atoms with E-state index < -0.39 is 6.04 Å². The summed E-state index contributed by atoms with van der Waals surface area (Å²) < 4.78 is 0. The number of amides is 2. The molecule has 0 bridgehead atoms. The highest BCUT2D eigenvalue weighted by Crippen LogP contribution is 2.18. The Morgan fingerprint density at radius 2 is 1.56 bits per heavy atom. The quantitative estimate of drug-likeness (QED) is 0.701. The number of anilines is 1. The van der Waals surface area contributed by atoms with Gasteiger partial charge in [0, 0.05) is 11.3 Å². The van der Waals surface area contributed by atoms with Crippen LogP contribution in [0.1, 0.15) is 34.1 Å². The lowest BCUT2D eigenvalue weighted by molar-refractivity contribution is -0.116. The number of nitrogens with zero attached hydrogens (tertiary/aromatic N) is 1. The molecule has 0 aliphatic carbocycles. The van der Waals surface area contributed by atoms with Gasteiger partial charge in [-0.1, -0.05) is 54.6 Å². The molecule has 2 aromatic carbocycles. The summed E-state index contributed by atoms with van der Waals surface area (Å²) in [6.07, 6.45) is 0.109. The topological polar surface area (TPSA) is 71.1 Å². The molecule has 1 aromatic heterocycles. The summed E-state index contributed by atoms with van der Waals surface area (Å²) in [7, 11) is 0. The SMILES string of the molecule is Cc1cccc(NC(=O)CC(NC(=O)c2ccccc2)c2ccccc2)n1. The van der Waals surface area contributed by atoms with Crippen molar-refractivity contribution in [1.29, 1.82) is 0 Å². The zero-order valence-corrected chi connectivity index (χ0v) is 15.1. The van der Waals surface area contributed by atoms with Gasteiger partial charge in [0.05, 0.1) is 12.5 Å². The molecule has 2 N–H and O–H groups in total. The van der Waals surface area contributed by atoms with E-state index in [-0.39, 0.29) is 18.2 Å². The Morgan fingerprint density at radius 1 is 0.889 bits per heavy atom. The Balaban J connectivity index is 1.74. The van der Waals surface area contributed by atoms with Gasteiger partial charge < -0.3 is 10.6 Å². The number of nitrogens with one attached hydrogen (secondary N) is 2. The average Bonchev–Trinajstić information content (AvgIpc) is 2.69. The fourth-order valence-corrected chi connectivity index (χ4v) is 2.76. The minimum Gasteiger partial charge on any atom is -0.345 e. The zero-order valence-electron chi connectivity index (χ0n) is 15.1. The minimum atomic E-state index is -0.441. The molecule has 0 saturated carbocycles. The van der Waals surface area contributed by atoms with E-state index in [1.807, 2.05) is 67.6 Å². The number of pyridine rings is 1. The molecular formula is C22H21N3O2. The molecule has 1 unspecified atom stereocenters. The number of carbonyl (C=O) groups is 2. The molecule has 0 radical (unpaired) electrons. The second kappa shape index (κ2) is 8.76. The molecule has 1 atom stereocenters. The third-order valence-electron chi connectivity index (χ3n) is 4.09. The summed E-state index contributed by atoms with van der Waals surface area (Å²) in [4.78, 5) is 29.4. The molecule has 27 heavy (non-hydrogen) atoms. The van der Waals surface area contributed by atoms with Crippen LogP contribution in [0, 0.1) is 6.92 Å². The first kappa shape index (κ1) is 18.3. The molecule has 136 valence electrons. The van der Waals surface area contributed by atoms with Gasteiger partial charge in [0.1, 0.15) is 5.82 Å². The van der Waals surface area contributed by atoms with Crippen LogP contribution in [0.2, 0.25) is 0 Å². The molecule has 3 aromatic rings. The molecule has 0 aliphatic rings. The van der Waals surface area contributed by atoms with Crippen LogP contribution in [0.3, 0.4) is 0 Å². The van der Waals surface area contributed by atoms with Crippen molar-refractivity contribution >= 4 is 17.6 Å². The summed E-state index contributed by atoms with van der Waals surface area (Å²) in [6.45, 7) is 1.86. The average molecular weight is 359 g/mol. The molecule has 3 rings (SSSR count). The predicted octanol–water partition coefficient (Wildman–Crippen LogP) is 3.89. The summed E-state index contributed by atoms with van der Waals surface area (Å²) >= 11 is 0. The number of aromatic nitrogens is 1. The van der Waals surface area contributed by atoms with Crippen LogP contribution in [0.25, 0.3) is 0 Å². The lowest BCUT2D eigenvalue weighted by Gasteiger charge is -2.19. The molecule has 2 amide bonds. The first-order valence-corrected chi connectivity index (χ1v) is 8.76. The maximum Gasteiger partial charge on any atom is 0.251 e. The number of hydrogen-bond acceptors (Lipinski definition) is 3. The Morgan fingerprint density at radius 3 is 2.22 bits per heavy atom. The lowest BCUT2D eigenvalue weighted by atomic mass is 10.0. The highest BCUT2D eigenvalue weighted by atomic mass is 16.2. The van der Waals surface area contributed by atoms with Crippen molar-refractivity contribution in [1.82, 2.24) is 10.3 Å².